The Labute approximate surface area is 136 Å². The molecular weight excluding hydrogens is 345 g/mol. The first-order valence-electron chi connectivity index (χ1n) is 6.70. The number of aromatic nitrogens is 3. The van der Waals surface area contributed by atoms with Crippen LogP contribution in [0.4, 0.5) is 13.2 Å². The largest absolute Gasteiger partial charge is 0.453 e. The monoisotopic (exact) mass is 352 g/mol. The van der Waals surface area contributed by atoms with Gasteiger partial charge in [-0.25, -0.2) is 4.79 Å². The number of halogens is 3. The highest BCUT2D eigenvalue weighted by molar-refractivity contribution is 7.99. The normalized spacial score (nSPS) is 14.5. The van der Waals surface area contributed by atoms with Gasteiger partial charge in [-0.3, -0.25) is 0 Å². The maximum atomic E-state index is 12.9. The van der Waals surface area contributed by atoms with E-state index in [4.69, 9.17) is 4.42 Å². The van der Waals surface area contributed by atoms with E-state index in [2.05, 4.69) is 15.3 Å². The van der Waals surface area contributed by atoms with Crippen LogP contribution in [0.2, 0.25) is 0 Å². The summed E-state index contributed by atoms with van der Waals surface area (Å²) in [6, 6.07) is 8.42. The van der Waals surface area contributed by atoms with Gasteiger partial charge >= 0.3 is 11.8 Å². The summed E-state index contributed by atoms with van der Waals surface area (Å²) in [4.78, 5) is 12.1. The molecule has 0 fully saturated rings. The maximum Gasteiger partial charge on any atom is 0.453 e. The van der Waals surface area contributed by atoms with Gasteiger partial charge in [0.2, 0.25) is 5.16 Å². The molecule has 0 unspecified atom stereocenters. The third-order valence-corrected chi connectivity index (χ3v) is 4.31. The van der Waals surface area contributed by atoms with Crippen molar-refractivity contribution in [3.05, 3.63) is 52.1 Å². The van der Waals surface area contributed by atoms with E-state index in [0.29, 0.717) is 15.6 Å². The van der Waals surface area contributed by atoms with Crippen LogP contribution in [0, 0.1) is 0 Å². The van der Waals surface area contributed by atoms with Gasteiger partial charge in [-0.05, 0) is 12.1 Å². The SMILES string of the molecule is O=c1oc2ccccc2cc1C1=Nn2c(nnc2C(F)(F)F)SC1. The first-order valence-corrected chi connectivity index (χ1v) is 7.68. The van der Waals surface area contributed by atoms with E-state index in [1.807, 2.05) is 0 Å². The summed E-state index contributed by atoms with van der Waals surface area (Å²) in [7, 11) is 0. The minimum Gasteiger partial charge on any atom is -0.422 e. The Morgan fingerprint density at radius 1 is 1.21 bits per heavy atom. The molecule has 1 aliphatic rings. The molecule has 0 aliphatic carbocycles. The molecule has 0 spiro atoms. The molecule has 0 radical (unpaired) electrons. The fourth-order valence-corrected chi connectivity index (χ4v) is 3.13. The Morgan fingerprint density at radius 3 is 2.79 bits per heavy atom. The summed E-state index contributed by atoms with van der Waals surface area (Å²) < 4.78 is 44.6. The zero-order valence-electron chi connectivity index (χ0n) is 11.7. The predicted molar refractivity (Wildman–Crippen MR) is 80.2 cm³/mol. The second-order valence-corrected chi connectivity index (χ2v) is 5.88. The average Bonchev–Trinajstić information content (AvgIpc) is 2.97. The summed E-state index contributed by atoms with van der Waals surface area (Å²) in [6.45, 7) is 0. The van der Waals surface area contributed by atoms with Gasteiger partial charge in [-0.1, -0.05) is 30.0 Å². The highest BCUT2D eigenvalue weighted by Crippen LogP contribution is 2.32. The van der Waals surface area contributed by atoms with Crippen LogP contribution in [0.15, 0.2) is 49.8 Å². The van der Waals surface area contributed by atoms with Crippen LogP contribution in [0.3, 0.4) is 0 Å². The molecule has 24 heavy (non-hydrogen) atoms. The zero-order chi connectivity index (χ0) is 16.9. The molecule has 10 heteroatoms. The van der Waals surface area contributed by atoms with Crippen molar-refractivity contribution in [2.75, 3.05) is 5.75 Å². The fourth-order valence-electron chi connectivity index (χ4n) is 2.30. The molecule has 1 aliphatic heterocycles. The third-order valence-electron chi connectivity index (χ3n) is 3.38. The standard InChI is InChI=1S/C14H7F3N4O2S/c15-14(16,17)12-18-19-13-21(12)20-9(6-24-13)8-5-7-3-1-2-4-10(7)23-11(8)22/h1-5H,6H2. The van der Waals surface area contributed by atoms with Crippen molar-refractivity contribution in [2.45, 2.75) is 11.3 Å². The van der Waals surface area contributed by atoms with Crippen molar-refractivity contribution < 1.29 is 17.6 Å². The number of thioether (sulfide) groups is 1. The summed E-state index contributed by atoms with van der Waals surface area (Å²) in [5, 5.41) is 11.2. The van der Waals surface area contributed by atoms with Crippen LogP contribution in [0.25, 0.3) is 11.0 Å². The predicted octanol–water partition coefficient (Wildman–Crippen LogP) is 2.76. The Hall–Kier alpha value is -2.62. The minimum atomic E-state index is -4.69. The molecule has 3 heterocycles. The van der Waals surface area contributed by atoms with Gasteiger partial charge in [-0.2, -0.15) is 22.9 Å². The molecule has 0 saturated carbocycles. The number of rotatable bonds is 1. The van der Waals surface area contributed by atoms with E-state index >= 15 is 0 Å². The molecular formula is C14H7F3N4O2S. The number of hydrogen-bond acceptors (Lipinski definition) is 6. The van der Waals surface area contributed by atoms with Crippen molar-refractivity contribution in [2.24, 2.45) is 5.10 Å². The van der Waals surface area contributed by atoms with Crippen LogP contribution < -0.4 is 5.63 Å². The van der Waals surface area contributed by atoms with Crippen LogP contribution in [0.1, 0.15) is 11.4 Å². The number of hydrogen-bond donors (Lipinski definition) is 0. The van der Waals surface area contributed by atoms with Gasteiger partial charge in [0.25, 0.3) is 5.82 Å². The Kier molecular flexibility index (Phi) is 3.23. The van der Waals surface area contributed by atoms with Gasteiger partial charge in [0.1, 0.15) is 5.58 Å². The number of alkyl halides is 3. The van der Waals surface area contributed by atoms with Gasteiger partial charge in [0, 0.05) is 11.1 Å². The molecule has 0 atom stereocenters. The number of para-hydroxylation sites is 1. The quantitative estimate of drug-likeness (QED) is 0.630. The lowest BCUT2D eigenvalue weighted by molar-refractivity contribution is -0.147. The smallest absolute Gasteiger partial charge is 0.422 e. The van der Waals surface area contributed by atoms with Crippen LogP contribution >= 0.6 is 11.8 Å². The minimum absolute atomic E-state index is 0.0243. The molecule has 3 aromatic rings. The molecule has 4 rings (SSSR count). The first kappa shape index (κ1) is 14.9. The molecule has 0 N–H and O–H groups in total. The molecule has 1 aromatic carbocycles. The van der Waals surface area contributed by atoms with E-state index in [1.165, 1.54) is 0 Å². The first-order chi connectivity index (χ1) is 11.4. The van der Waals surface area contributed by atoms with E-state index in [0.717, 1.165) is 11.8 Å². The highest BCUT2D eigenvalue weighted by Gasteiger charge is 2.40. The topological polar surface area (TPSA) is 73.3 Å². The van der Waals surface area contributed by atoms with Crippen molar-refractivity contribution in [3.8, 4) is 0 Å². The summed E-state index contributed by atoms with van der Waals surface area (Å²) >= 11 is 1.02. The van der Waals surface area contributed by atoms with Gasteiger partial charge in [0.15, 0.2) is 0 Å². The summed E-state index contributed by atoms with van der Waals surface area (Å²) in [6.07, 6.45) is -4.69. The summed E-state index contributed by atoms with van der Waals surface area (Å²) in [5.74, 6) is -1.04. The zero-order valence-corrected chi connectivity index (χ0v) is 12.6. The van der Waals surface area contributed by atoms with E-state index in [9.17, 15) is 18.0 Å². The van der Waals surface area contributed by atoms with Crippen molar-refractivity contribution in [1.82, 2.24) is 14.9 Å². The molecule has 122 valence electrons. The van der Waals surface area contributed by atoms with Gasteiger partial charge < -0.3 is 4.42 Å². The van der Waals surface area contributed by atoms with Crippen LogP contribution in [-0.2, 0) is 6.18 Å². The highest BCUT2D eigenvalue weighted by atomic mass is 32.2. The third kappa shape index (κ3) is 2.39. The van der Waals surface area contributed by atoms with Gasteiger partial charge in [-0.15, -0.1) is 10.2 Å². The average molecular weight is 352 g/mol. The van der Waals surface area contributed by atoms with Gasteiger partial charge in [0.05, 0.1) is 11.3 Å². The second-order valence-electron chi connectivity index (χ2n) is 4.94. The molecule has 0 bridgehead atoms. The lowest BCUT2D eigenvalue weighted by atomic mass is 10.1. The Morgan fingerprint density at radius 2 is 2.00 bits per heavy atom. The van der Waals surface area contributed by atoms with Crippen molar-refractivity contribution in [1.29, 1.82) is 0 Å². The summed E-state index contributed by atoms with van der Waals surface area (Å²) in [5.41, 5.74) is 0.0420. The molecule has 0 amide bonds. The van der Waals surface area contributed by atoms with Crippen LogP contribution in [-0.4, -0.2) is 26.3 Å². The maximum absolute atomic E-state index is 12.9. The lowest BCUT2D eigenvalue weighted by Gasteiger charge is -2.14. The van der Waals surface area contributed by atoms with Crippen molar-refractivity contribution >= 4 is 28.4 Å². The number of nitrogens with zero attached hydrogens (tertiary/aromatic N) is 4. The lowest BCUT2D eigenvalue weighted by Crippen LogP contribution is -2.22. The number of benzene rings is 1. The molecule has 0 saturated heterocycles. The van der Waals surface area contributed by atoms with Crippen LogP contribution in [0.5, 0.6) is 0 Å². The Bertz CT molecular complexity index is 1040. The number of fused-ring (bicyclic) bond motifs is 2. The van der Waals surface area contributed by atoms with Crippen molar-refractivity contribution in [3.63, 3.8) is 0 Å². The molecule has 2 aromatic heterocycles. The van der Waals surface area contributed by atoms with E-state index < -0.39 is 17.6 Å². The second kappa shape index (κ2) is 5.20. The fraction of sp³-hybridized carbons (Fsp3) is 0.143. The Balaban J connectivity index is 1.88. The van der Waals surface area contributed by atoms with E-state index in [1.54, 1.807) is 30.3 Å². The molecule has 6 nitrogen and oxygen atoms in total. The van der Waals surface area contributed by atoms with E-state index in [-0.39, 0.29) is 22.2 Å².